The standard InChI is InChI=1S/C13H20O2Si/c1-5-15-16(3,4)10-9-12-7-6-8-13(11-12)14-2/h6-11H,5H2,1-4H3/b10-9+. The summed E-state index contributed by atoms with van der Waals surface area (Å²) in [6.07, 6.45) is 2.12. The predicted octanol–water partition coefficient (Wildman–Crippen LogP) is 3.49. The molecule has 0 radical (unpaired) electrons. The van der Waals surface area contributed by atoms with Crippen molar-refractivity contribution in [3.8, 4) is 5.75 Å². The second kappa shape index (κ2) is 5.87. The van der Waals surface area contributed by atoms with Gasteiger partial charge in [-0.25, -0.2) is 0 Å². The third kappa shape index (κ3) is 4.21. The third-order valence-electron chi connectivity index (χ3n) is 2.29. The van der Waals surface area contributed by atoms with Crippen LogP contribution in [0, 0.1) is 0 Å². The van der Waals surface area contributed by atoms with Crippen LogP contribution in [0.3, 0.4) is 0 Å². The van der Waals surface area contributed by atoms with E-state index in [9.17, 15) is 0 Å². The van der Waals surface area contributed by atoms with Gasteiger partial charge < -0.3 is 9.16 Å². The van der Waals surface area contributed by atoms with Gasteiger partial charge in [0, 0.05) is 6.61 Å². The lowest BCUT2D eigenvalue weighted by atomic mass is 10.2. The summed E-state index contributed by atoms with van der Waals surface area (Å²) >= 11 is 0. The Labute approximate surface area is 99.0 Å². The highest BCUT2D eigenvalue weighted by atomic mass is 28.4. The summed E-state index contributed by atoms with van der Waals surface area (Å²) in [6, 6.07) is 8.03. The zero-order valence-electron chi connectivity index (χ0n) is 10.5. The SMILES string of the molecule is CCO[Si](C)(C)/C=C/c1cccc(OC)c1. The molecule has 0 amide bonds. The molecule has 88 valence electrons. The fourth-order valence-corrected chi connectivity index (χ4v) is 2.90. The van der Waals surface area contributed by atoms with Crippen LogP contribution in [0.4, 0.5) is 0 Å². The van der Waals surface area contributed by atoms with Crippen molar-refractivity contribution < 1.29 is 9.16 Å². The van der Waals surface area contributed by atoms with Gasteiger partial charge >= 0.3 is 0 Å². The van der Waals surface area contributed by atoms with Crippen molar-refractivity contribution in [3.63, 3.8) is 0 Å². The number of ether oxygens (including phenoxy) is 1. The van der Waals surface area contributed by atoms with Gasteiger partial charge in [-0.1, -0.05) is 23.9 Å². The average molecular weight is 236 g/mol. The van der Waals surface area contributed by atoms with E-state index in [0.29, 0.717) is 0 Å². The molecule has 0 atom stereocenters. The molecule has 0 saturated carbocycles. The molecule has 1 rings (SSSR count). The van der Waals surface area contributed by atoms with Crippen LogP contribution in [0.1, 0.15) is 12.5 Å². The lowest BCUT2D eigenvalue weighted by Gasteiger charge is -2.16. The van der Waals surface area contributed by atoms with Crippen LogP contribution in [-0.2, 0) is 4.43 Å². The average Bonchev–Trinajstić information content (AvgIpc) is 2.27. The molecule has 0 aliphatic carbocycles. The molecule has 0 spiro atoms. The Kier molecular flexibility index (Phi) is 4.77. The summed E-state index contributed by atoms with van der Waals surface area (Å²) in [7, 11) is 0.0472. The first-order valence-corrected chi connectivity index (χ1v) is 8.53. The van der Waals surface area contributed by atoms with Gasteiger partial charge in [0.25, 0.3) is 0 Å². The van der Waals surface area contributed by atoms with Gasteiger partial charge in [-0.05, 0) is 37.7 Å². The molecule has 0 unspecified atom stereocenters. The highest BCUT2D eigenvalue weighted by Crippen LogP contribution is 2.15. The summed E-state index contributed by atoms with van der Waals surface area (Å²) in [6.45, 7) is 7.19. The maximum atomic E-state index is 5.73. The van der Waals surface area contributed by atoms with Gasteiger partial charge in [-0.3, -0.25) is 0 Å². The number of hydrogen-bond acceptors (Lipinski definition) is 2. The van der Waals surface area contributed by atoms with E-state index in [2.05, 4.69) is 30.9 Å². The Hall–Kier alpha value is -1.06. The molecule has 0 bridgehead atoms. The Morgan fingerprint density at radius 3 is 2.69 bits per heavy atom. The normalized spacial score (nSPS) is 12.0. The van der Waals surface area contributed by atoms with Crippen LogP contribution >= 0.6 is 0 Å². The monoisotopic (exact) mass is 236 g/mol. The molecule has 0 aliphatic rings. The van der Waals surface area contributed by atoms with E-state index in [0.717, 1.165) is 17.9 Å². The van der Waals surface area contributed by atoms with Crippen molar-refractivity contribution in [1.29, 1.82) is 0 Å². The maximum Gasteiger partial charge on any atom is 0.211 e. The van der Waals surface area contributed by atoms with Crippen molar-refractivity contribution in [1.82, 2.24) is 0 Å². The first-order chi connectivity index (χ1) is 7.57. The van der Waals surface area contributed by atoms with Crippen molar-refractivity contribution in [3.05, 3.63) is 35.5 Å². The molecule has 0 saturated heterocycles. The molecule has 1 aromatic rings. The van der Waals surface area contributed by atoms with E-state index in [1.54, 1.807) is 7.11 Å². The van der Waals surface area contributed by atoms with Crippen LogP contribution in [0.5, 0.6) is 5.75 Å². The van der Waals surface area contributed by atoms with Crippen molar-refractivity contribution in [2.45, 2.75) is 20.0 Å². The van der Waals surface area contributed by atoms with Gasteiger partial charge in [0.15, 0.2) is 0 Å². The van der Waals surface area contributed by atoms with Gasteiger partial charge in [0.2, 0.25) is 8.32 Å². The Morgan fingerprint density at radius 2 is 2.06 bits per heavy atom. The largest absolute Gasteiger partial charge is 0.497 e. The maximum absolute atomic E-state index is 5.73. The van der Waals surface area contributed by atoms with Crippen LogP contribution in [0.25, 0.3) is 6.08 Å². The first kappa shape index (κ1) is 13.0. The van der Waals surface area contributed by atoms with Crippen LogP contribution in [0.15, 0.2) is 30.0 Å². The van der Waals surface area contributed by atoms with Gasteiger partial charge in [-0.15, -0.1) is 0 Å². The Balaban J connectivity index is 2.75. The summed E-state index contributed by atoms with van der Waals surface area (Å²) in [5.41, 5.74) is 3.35. The molecule has 16 heavy (non-hydrogen) atoms. The van der Waals surface area contributed by atoms with E-state index in [1.165, 1.54) is 0 Å². The van der Waals surface area contributed by atoms with Crippen LogP contribution in [-0.4, -0.2) is 22.0 Å². The smallest absolute Gasteiger partial charge is 0.211 e. The number of benzene rings is 1. The van der Waals surface area contributed by atoms with Crippen LogP contribution in [0.2, 0.25) is 13.1 Å². The second-order valence-corrected chi connectivity index (χ2v) is 7.98. The van der Waals surface area contributed by atoms with E-state index in [-0.39, 0.29) is 0 Å². The van der Waals surface area contributed by atoms with E-state index < -0.39 is 8.32 Å². The minimum Gasteiger partial charge on any atom is -0.497 e. The molecular weight excluding hydrogens is 216 g/mol. The molecule has 0 fully saturated rings. The van der Waals surface area contributed by atoms with Crippen molar-refractivity contribution in [2.24, 2.45) is 0 Å². The van der Waals surface area contributed by atoms with E-state index >= 15 is 0 Å². The topological polar surface area (TPSA) is 18.5 Å². The summed E-state index contributed by atoms with van der Waals surface area (Å²) in [4.78, 5) is 0. The second-order valence-electron chi connectivity index (χ2n) is 4.15. The summed E-state index contributed by atoms with van der Waals surface area (Å²) < 4.78 is 10.9. The molecule has 0 N–H and O–H groups in total. The zero-order chi connectivity index (χ0) is 12.0. The third-order valence-corrected chi connectivity index (χ3v) is 4.29. The number of methoxy groups -OCH3 is 1. The number of hydrogen-bond donors (Lipinski definition) is 0. The fraction of sp³-hybridized carbons (Fsp3) is 0.385. The van der Waals surface area contributed by atoms with Crippen molar-refractivity contribution >= 4 is 14.4 Å². The lowest BCUT2D eigenvalue weighted by molar-refractivity contribution is 0.338. The quantitative estimate of drug-likeness (QED) is 0.729. The highest BCUT2D eigenvalue weighted by molar-refractivity contribution is 6.76. The summed E-state index contributed by atoms with van der Waals surface area (Å²) in [5, 5.41) is 0. The molecule has 2 nitrogen and oxygen atoms in total. The fourth-order valence-electron chi connectivity index (χ4n) is 1.46. The Morgan fingerprint density at radius 1 is 1.31 bits per heavy atom. The van der Waals surface area contributed by atoms with Crippen LogP contribution < -0.4 is 4.74 Å². The molecule has 0 aliphatic heterocycles. The minimum atomic E-state index is -1.64. The molecule has 0 heterocycles. The van der Waals surface area contributed by atoms with Gasteiger partial charge in [0.1, 0.15) is 5.75 Å². The predicted molar refractivity (Wildman–Crippen MR) is 71.1 cm³/mol. The Bertz CT molecular complexity index is 359. The first-order valence-electron chi connectivity index (χ1n) is 5.54. The number of rotatable bonds is 5. The summed E-state index contributed by atoms with van der Waals surface area (Å²) in [5.74, 6) is 0.887. The molecular formula is C13H20O2Si. The zero-order valence-corrected chi connectivity index (χ0v) is 11.5. The molecule has 1 aromatic carbocycles. The van der Waals surface area contributed by atoms with Gasteiger partial charge in [0.05, 0.1) is 7.11 Å². The van der Waals surface area contributed by atoms with Gasteiger partial charge in [-0.2, -0.15) is 0 Å². The lowest BCUT2D eigenvalue weighted by Crippen LogP contribution is -2.27. The van der Waals surface area contributed by atoms with E-state index in [1.807, 2.05) is 25.1 Å². The molecule has 0 aromatic heterocycles. The molecule has 3 heteroatoms. The van der Waals surface area contributed by atoms with E-state index in [4.69, 9.17) is 9.16 Å². The minimum absolute atomic E-state index is 0.779. The highest BCUT2D eigenvalue weighted by Gasteiger charge is 2.16. The van der Waals surface area contributed by atoms with Crippen molar-refractivity contribution in [2.75, 3.05) is 13.7 Å².